The zero-order valence-electron chi connectivity index (χ0n) is 13.2. The maximum absolute atomic E-state index is 11.9. The van der Waals surface area contributed by atoms with Crippen molar-refractivity contribution in [3.63, 3.8) is 0 Å². The molecule has 0 aliphatic heterocycles. The predicted octanol–water partition coefficient (Wildman–Crippen LogP) is 0.651. The number of hydrogen-bond acceptors (Lipinski definition) is 4. The first-order valence-corrected chi connectivity index (χ1v) is 7.57. The third-order valence-electron chi connectivity index (χ3n) is 3.21. The number of ether oxygens (including phenoxy) is 1. The van der Waals surface area contributed by atoms with Gasteiger partial charge in [-0.05, 0) is 44.4 Å². The molecular weight excluding hydrogens is 298 g/mol. The maximum atomic E-state index is 11.9. The number of hydrazine groups is 1. The lowest BCUT2D eigenvalue weighted by Crippen LogP contribution is -2.48. The van der Waals surface area contributed by atoms with E-state index in [2.05, 4.69) is 16.2 Å². The molecule has 0 atom stereocenters. The fourth-order valence-electron chi connectivity index (χ4n) is 1.74. The van der Waals surface area contributed by atoms with E-state index in [4.69, 9.17) is 4.74 Å². The second kappa shape index (κ2) is 7.73. The lowest BCUT2D eigenvalue weighted by atomic mass is 10.1. The van der Waals surface area contributed by atoms with Gasteiger partial charge in [-0.15, -0.1) is 0 Å². The predicted molar refractivity (Wildman–Crippen MR) is 83.1 cm³/mol. The van der Waals surface area contributed by atoms with Gasteiger partial charge in [0.25, 0.3) is 5.91 Å². The van der Waals surface area contributed by atoms with Crippen molar-refractivity contribution >= 4 is 17.7 Å². The summed E-state index contributed by atoms with van der Waals surface area (Å²) in [4.78, 5) is 34.8. The molecule has 1 aliphatic rings. The molecular formula is C16H21N3O4. The molecule has 1 fully saturated rings. The second-order valence-electron chi connectivity index (χ2n) is 5.71. The first-order valence-electron chi connectivity index (χ1n) is 7.57. The molecule has 0 saturated heterocycles. The Bertz CT molecular complexity index is 579. The van der Waals surface area contributed by atoms with Crippen molar-refractivity contribution in [2.24, 2.45) is 0 Å². The molecule has 0 unspecified atom stereocenters. The molecule has 0 spiro atoms. The van der Waals surface area contributed by atoms with Crippen LogP contribution in [-0.4, -0.2) is 29.9 Å². The molecule has 0 aromatic heterocycles. The largest absolute Gasteiger partial charge is 0.374 e. The zero-order chi connectivity index (χ0) is 16.8. The van der Waals surface area contributed by atoms with Crippen LogP contribution in [0.15, 0.2) is 24.3 Å². The van der Waals surface area contributed by atoms with Crippen molar-refractivity contribution in [3.8, 4) is 0 Å². The van der Waals surface area contributed by atoms with Crippen molar-refractivity contribution < 1.29 is 19.1 Å². The molecule has 2 rings (SSSR count). The van der Waals surface area contributed by atoms with Crippen LogP contribution in [0.1, 0.15) is 42.6 Å². The Morgan fingerprint density at radius 2 is 1.74 bits per heavy atom. The van der Waals surface area contributed by atoms with Crippen molar-refractivity contribution in [2.75, 3.05) is 0 Å². The minimum atomic E-state index is -0.882. The molecule has 7 nitrogen and oxygen atoms in total. The molecule has 3 N–H and O–H groups in total. The van der Waals surface area contributed by atoms with Gasteiger partial charge in [0.2, 0.25) is 0 Å². The molecule has 7 heteroatoms. The highest BCUT2D eigenvalue weighted by atomic mass is 16.5. The highest BCUT2D eigenvalue weighted by Crippen LogP contribution is 2.18. The summed E-state index contributed by atoms with van der Waals surface area (Å²) in [5, 5.41) is 2.53. The maximum Gasteiger partial charge on any atom is 0.327 e. The van der Waals surface area contributed by atoms with Gasteiger partial charge < -0.3 is 10.1 Å². The highest BCUT2D eigenvalue weighted by Gasteiger charge is 2.26. The number of carbonyl (C=O) groups is 3. The van der Waals surface area contributed by atoms with Crippen LogP contribution < -0.4 is 16.2 Å². The lowest BCUT2D eigenvalue weighted by Gasteiger charge is -2.09. The molecule has 3 amide bonds. The van der Waals surface area contributed by atoms with Crippen LogP contribution in [0.4, 0.5) is 0 Å². The molecule has 1 aromatic rings. The Morgan fingerprint density at radius 1 is 1.09 bits per heavy atom. The van der Waals surface area contributed by atoms with Crippen LogP contribution in [0.2, 0.25) is 0 Å². The normalized spacial score (nSPS) is 13.5. The van der Waals surface area contributed by atoms with Crippen LogP contribution in [0.5, 0.6) is 0 Å². The summed E-state index contributed by atoms with van der Waals surface area (Å²) in [6.07, 6.45) is 1.91. The number of benzene rings is 1. The number of carbonyl (C=O) groups excluding carboxylic acids is 3. The summed E-state index contributed by atoms with van der Waals surface area (Å²) in [6.45, 7) is 4.37. The van der Waals surface area contributed by atoms with E-state index in [-0.39, 0.29) is 12.1 Å². The summed E-state index contributed by atoms with van der Waals surface area (Å²) in [5.74, 6) is -2.12. The Morgan fingerprint density at radius 3 is 2.30 bits per heavy atom. The van der Waals surface area contributed by atoms with E-state index < -0.39 is 17.7 Å². The summed E-state index contributed by atoms with van der Waals surface area (Å²) in [7, 11) is 0. The number of hydrogen-bond donors (Lipinski definition) is 3. The minimum absolute atomic E-state index is 0.0875. The van der Waals surface area contributed by atoms with Gasteiger partial charge in [0.05, 0.1) is 12.7 Å². The zero-order valence-corrected chi connectivity index (χ0v) is 13.2. The molecule has 0 heterocycles. The van der Waals surface area contributed by atoms with E-state index in [1.165, 1.54) is 0 Å². The Balaban J connectivity index is 1.78. The monoisotopic (exact) mass is 319 g/mol. The quantitative estimate of drug-likeness (QED) is 0.548. The van der Waals surface area contributed by atoms with Crippen molar-refractivity contribution in [2.45, 2.75) is 45.4 Å². The highest BCUT2D eigenvalue weighted by molar-refractivity contribution is 6.35. The molecule has 124 valence electrons. The second-order valence-corrected chi connectivity index (χ2v) is 5.71. The van der Waals surface area contributed by atoms with Gasteiger partial charge in [0.1, 0.15) is 0 Å². The van der Waals surface area contributed by atoms with Crippen LogP contribution in [0, 0.1) is 0 Å². The number of amides is 3. The summed E-state index contributed by atoms with van der Waals surface area (Å²) in [6, 6.07) is 6.90. The van der Waals surface area contributed by atoms with E-state index >= 15 is 0 Å². The fourth-order valence-corrected chi connectivity index (χ4v) is 1.74. The van der Waals surface area contributed by atoms with Gasteiger partial charge in [-0.2, -0.15) is 0 Å². The lowest BCUT2D eigenvalue weighted by molar-refractivity contribution is -0.139. The summed E-state index contributed by atoms with van der Waals surface area (Å²) in [5.41, 5.74) is 5.63. The van der Waals surface area contributed by atoms with Gasteiger partial charge in [-0.1, -0.05) is 12.1 Å². The summed E-state index contributed by atoms with van der Waals surface area (Å²) < 4.78 is 5.47. The number of nitrogens with one attached hydrogen (secondary N) is 3. The van der Waals surface area contributed by atoms with Gasteiger partial charge in [0.15, 0.2) is 0 Å². The van der Waals surface area contributed by atoms with Gasteiger partial charge in [0, 0.05) is 11.6 Å². The molecule has 23 heavy (non-hydrogen) atoms. The van der Waals surface area contributed by atoms with Crippen molar-refractivity contribution in [1.82, 2.24) is 16.2 Å². The standard InChI is InChI=1S/C16H21N3O4/c1-10(2)23-9-11-3-5-12(6-4-11)14(20)18-19-16(22)15(21)17-13-7-8-13/h3-6,10,13H,7-9H2,1-2H3,(H,17,21)(H,18,20)(H,19,22). The number of rotatable bonds is 5. The molecule has 0 bridgehead atoms. The van der Waals surface area contributed by atoms with Gasteiger partial charge >= 0.3 is 11.8 Å². The molecule has 1 aromatic carbocycles. The first kappa shape index (κ1) is 17.0. The first-order chi connectivity index (χ1) is 11.0. The SMILES string of the molecule is CC(C)OCc1ccc(C(=O)NNC(=O)C(=O)NC2CC2)cc1. The molecule has 1 saturated carbocycles. The minimum Gasteiger partial charge on any atom is -0.374 e. The van der Waals surface area contributed by atoms with E-state index in [1.54, 1.807) is 24.3 Å². The van der Waals surface area contributed by atoms with Crippen LogP contribution in [0.25, 0.3) is 0 Å². The third-order valence-corrected chi connectivity index (χ3v) is 3.21. The van der Waals surface area contributed by atoms with Crippen molar-refractivity contribution in [1.29, 1.82) is 0 Å². The van der Waals surface area contributed by atoms with E-state index in [0.29, 0.717) is 12.2 Å². The summed E-state index contributed by atoms with van der Waals surface area (Å²) >= 11 is 0. The molecule has 1 aliphatic carbocycles. The van der Waals surface area contributed by atoms with Crippen molar-refractivity contribution in [3.05, 3.63) is 35.4 Å². The Hall–Kier alpha value is -2.41. The van der Waals surface area contributed by atoms with E-state index in [1.807, 2.05) is 13.8 Å². The van der Waals surface area contributed by atoms with Crippen LogP contribution in [-0.2, 0) is 20.9 Å². The van der Waals surface area contributed by atoms with E-state index in [0.717, 1.165) is 18.4 Å². The topological polar surface area (TPSA) is 96.5 Å². The smallest absolute Gasteiger partial charge is 0.327 e. The third kappa shape index (κ3) is 5.71. The van der Waals surface area contributed by atoms with E-state index in [9.17, 15) is 14.4 Å². The van der Waals surface area contributed by atoms with Crippen LogP contribution in [0.3, 0.4) is 0 Å². The van der Waals surface area contributed by atoms with Gasteiger partial charge in [-0.3, -0.25) is 25.2 Å². The Labute approximate surface area is 134 Å². The van der Waals surface area contributed by atoms with Crippen LogP contribution >= 0.6 is 0 Å². The average molecular weight is 319 g/mol. The molecule has 0 radical (unpaired) electrons. The Kier molecular flexibility index (Phi) is 5.70. The van der Waals surface area contributed by atoms with Gasteiger partial charge in [-0.25, -0.2) is 0 Å². The average Bonchev–Trinajstić information content (AvgIpc) is 3.34. The fraction of sp³-hybridized carbons (Fsp3) is 0.438.